The summed E-state index contributed by atoms with van der Waals surface area (Å²) in [5.74, 6) is -0.434. The zero-order chi connectivity index (χ0) is 25.7. The second-order valence-corrected chi connectivity index (χ2v) is 12.6. The summed E-state index contributed by atoms with van der Waals surface area (Å²) in [5.41, 5.74) is 2.50. The van der Waals surface area contributed by atoms with Crippen molar-refractivity contribution in [1.29, 1.82) is 0 Å². The molecule has 2 amide bonds. The van der Waals surface area contributed by atoms with E-state index in [9.17, 15) is 18.0 Å². The predicted molar refractivity (Wildman–Crippen MR) is 135 cm³/mol. The van der Waals surface area contributed by atoms with Crippen LogP contribution in [0.2, 0.25) is 0 Å². The summed E-state index contributed by atoms with van der Waals surface area (Å²) >= 11 is 0. The molecule has 0 saturated carbocycles. The Balaban J connectivity index is 1.27. The van der Waals surface area contributed by atoms with Gasteiger partial charge in [-0.05, 0) is 67.3 Å². The van der Waals surface area contributed by atoms with Crippen LogP contribution in [-0.2, 0) is 19.6 Å². The van der Waals surface area contributed by atoms with Gasteiger partial charge in [0.1, 0.15) is 0 Å². The summed E-state index contributed by atoms with van der Waals surface area (Å²) < 4.78 is 28.3. The molecule has 2 atom stereocenters. The van der Waals surface area contributed by atoms with Crippen LogP contribution in [0.3, 0.4) is 0 Å². The van der Waals surface area contributed by atoms with Gasteiger partial charge in [-0.1, -0.05) is 18.2 Å². The number of pyridine rings is 1. The molecule has 9 heteroatoms. The predicted octanol–water partition coefficient (Wildman–Crippen LogP) is 2.92. The molecule has 0 unspecified atom stereocenters. The molecular formula is C27H34N4O4S. The van der Waals surface area contributed by atoms with Gasteiger partial charge in [0, 0.05) is 52.0 Å². The highest BCUT2D eigenvalue weighted by Gasteiger charge is 2.49. The molecule has 3 aliphatic rings. The summed E-state index contributed by atoms with van der Waals surface area (Å²) in [7, 11) is -1.80. The summed E-state index contributed by atoms with van der Waals surface area (Å²) in [4.78, 5) is 34.4. The minimum Gasteiger partial charge on any atom is -0.342 e. The zero-order valence-corrected chi connectivity index (χ0v) is 22.0. The molecule has 5 rings (SSSR count). The molecule has 0 N–H and O–H groups in total. The van der Waals surface area contributed by atoms with Gasteiger partial charge < -0.3 is 9.80 Å². The molecule has 8 nitrogen and oxygen atoms in total. The van der Waals surface area contributed by atoms with Crippen molar-refractivity contribution in [3.05, 3.63) is 59.4 Å². The minimum atomic E-state index is -3.55. The molecule has 3 fully saturated rings. The number of aromatic nitrogens is 1. The number of piperidine rings is 1. The van der Waals surface area contributed by atoms with Gasteiger partial charge in [0.2, 0.25) is 21.8 Å². The molecule has 0 radical (unpaired) electrons. The fourth-order valence-electron chi connectivity index (χ4n) is 6.19. The fraction of sp³-hybridized carbons (Fsp3) is 0.519. The van der Waals surface area contributed by atoms with Gasteiger partial charge in [-0.25, -0.2) is 8.42 Å². The van der Waals surface area contributed by atoms with Crippen molar-refractivity contribution < 1.29 is 18.0 Å². The molecule has 1 spiro atoms. The van der Waals surface area contributed by atoms with Crippen molar-refractivity contribution in [3.8, 4) is 0 Å². The highest BCUT2D eigenvalue weighted by molar-refractivity contribution is 7.89. The van der Waals surface area contributed by atoms with E-state index >= 15 is 0 Å². The first kappa shape index (κ1) is 24.9. The molecule has 36 heavy (non-hydrogen) atoms. The van der Waals surface area contributed by atoms with Crippen LogP contribution < -0.4 is 0 Å². The first-order valence-corrected chi connectivity index (χ1v) is 14.1. The monoisotopic (exact) mass is 510 g/mol. The number of benzene rings is 1. The van der Waals surface area contributed by atoms with Crippen LogP contribution in [0.25, 0.3) is 0 Å². The number of carbonyl (C=O) groups excluding carboxylic acids is 2. The van der Waals surface area contributed by atoms with Crippen molar-refractivity contribution >= 4 is 21.8 Å². The average molecular weight is 511 g/mol. The molecule has 3 aliphatic heterocycles. The van der Waals surface area contributed by atoms with Crippen molar-refractivity contribution in [2.24, 2.45) is 11.3 Å². The van der Waals surface area contributed by atoms with Crippen LogP contribution in [0.15, 0.2) is 47.6 Å². The second-order valence-electron chi connectivity index (χ2n) is 10.7. The molecule has 2 aromatic rings. The minimum absolute atomic E-state index is 0.0175. The molecule has 1 aromatic carbocycles. The lowest BCUT2D eigenvalue weighted by Crippen LogP contribution is -2.45. The fourth-order valence-corrected chi connectivity index (χ4v) is 7.94. The second kappa shape index (κ2) is 9.27. The number of nitrogens with zero attached hydrogens (tertiary/aromatic N) is 4. The summed E-state index contributed by atoms with van der Waals surface area (Å²) in [6.07, 6.45) is 5.96. The first-order chi connectivity index (χ1) is 17.1. The van der Waals surface area contributed by atoms with Gasteiger partial charge in [-0.2, -0.15) is 4.31 Å². The number of aryl methyl sites for hydroxylation is 2. The number of likely N-dealkylation sites (tertiary alicyclic amines) is 2. The Morgan fingerprint density at radius 3 is 2.50 bits per heavy atom. The SMILES string of the molecule is Cc1ccc(C)c(S(=O)(=O)N2CCC3(CCN(C(=O)[C@@H]4CC(=O)N(C)[C@H]4c4cccnc4)C3)CC2)c1. The van der Waals surface area contributed by atoms with E-state index in [0.717, 1.165) is 36.0 Å². The summed E-state index contributed by atoms with van der Waals surface area (Å²) in [6, 6.07) is 8.99. The number of sulfonamides is 1. The number of amides is 2. The third-order valence-electron chi connectivity index (χ3n) is 8.42. The molecule has 192 valence electrons. The lowest BCUT2D eigenvalue weighted by atomic mass is 9.78. The Hall–Kier alpha value is -2.78. The van der Waals surface area contributed by atoms with E-state index < -0.39 is 15.9 Å². The number of hydrogen-bond acceptors (Lipinski definition) is 5. The van der Waals surface area contributed by atoms with E-state index in [1.54, 1.807) is 34.7 Å². The van der Waals surface area contributed by atoms with Crippen LogP contribution in [0, 0.1) is 25.2 Å². The maximum absolute atomic E-state index is 13.6. The number of carbonyl (C=O) groups is 2. The largest absolute Gasteiger partial charge is 0.342 e. The van der Waals surface area contributed by atoms with Crippen LogP contribution in [0.4, 0.5) is 0 Å². The lowest BCUT2D eigenvalue weighted by Gasteiger charge is -2.39. The third kappa shape index (κ3) is 4.32. The van der Waals surface area contributed by atoms with Gasteiger partial charge in [-0.3, -0.25) is 14.6 Å². The first-order valence-electron chi connectivity index (χ1n) is 12.6. The van der Waals surface area contributed by atoms with E-state index in [2.05, 4.69) is 4.98 Å². The van der Waals surface area contributed by atoms with Crippen LogP contribution >= 0.6 is 0 Å². The van der Waals surface area contributed by atoms with Crippen molar-refractivity contribution in [3.63, 3.8) is 0 Å². The van der Waals surface area contributed by atoms with Gasteiger partial charge in [-0.15, -0.1) is 0 Å². The molecule has 0 aliphatic carbocycles. The van der Waals surface area contributed by atoms with Crippen LogP contribution in [0.5, 0.6) is 0 Å². The van der Waals surface area contributed by atoms with E-state index in [1.165, 1.54) is 0 Å². The Bertz CT molecular complexity index is 1270. The highest BCUT2D eigenvalue weighted by atomic mass is 32.2. The topological polar surface area (TPSA) is 90.9 Å². The van der Waals surface area contributed by atoms with Gasteiger partial charge in [0.15, 0.2) is 0 Å². The number of rotatable bonds is 4. The highest BCUT2D eigenvalue weighted by Crippen LogP contribution is 2.44. The van der Waals surface area contributed by atoms with E-state index in [4.69, 9.17) is 0 Å². The Morgan fingerprint density at radius 2 is 1.81 bits per heavy atom. The molecule has 0 bridgehead atoms. The lowest BCUT2D eigenvalue weighted by molar-refractivity contribution is -0.136. The normalized spacial score (nSPS) is 24.6. The van der Waals surface area contributed by atoms with Crippen molar-refractivity contribution in [1.82, 2.24) is 19.1 Å². The standard InChI is InChI=1S/C27H34N4O4S/c1-19-6-7-20(2)23(15-19)36(34,35)31-13-9-27(10-14-31)8-12-30(18-27)26(33)22-16-24(32)29(3)25(22)21-5-4-11-28-17-21/h4-7,11,15,17,22,25H,8-10,12-14,16,18H2,1-3H3/t22-,25+/m1/s1. The summed E-state index contributed by atoms with van der Waals surface area (Å²) in [6.45, 7) is 5.93. The molecule has 1 aromatic heterocycles. The molecule has 3 saturated heterocycles. The van der Waals surface area contributed by atoms with Crippen molar-refractivity contribution in [2.75, 3.05) is 33.2 Å². The van der Waals surface area contributed by atoms with Gasteiger partial charge >= 0.3 is 0 Å². The van der Waals surface area contributed by atoms with Gasteiger partial charge in [0.25, 0.3) is 0 Å². The number of hydrogen-bond donors (Lipinski definition) is 0. The third-order valence-corrected chi connectivity index (χ3v) is 10.5. The maximum Gasteiger partial charge on any atom is 0.243 e. The van der Waals surface area contributed by atoms with E-state index in [1.807, 2.05) is 43.0 Å². The van der Waals surface area contributed by atoms with Crippen LogP contribution in [0.1, 0.15) is 48.4 Å². The Labute approximate surface area is 213 Å². The van der Waals surface area contributed by atoms with Crippen LogP contribution in [-0.4, -0.2) is 72.5 Å². The summed E-state index contributed by atoms with van der Waals surface area (Å²) in [5, 5.41) is 0. The van der Waals surface area contributed by atoms with E-state index in [-0.39, 0.29) is 29.7 Å². The Kier molecular flexibility index (Phi) is 6.41. The quantitative estimate of drug-likeness (QED) is 0.631. The van der Waals surface area contributed by atoms with Crippen molar-refractivity contribution in [2.45, 2.75) is 50.5 Å². The zero-order valence-electron chi connectivity index (χ0n) is 21.2. The van der Waals surface area contributed by atoms with Gasteiger partial charge in [0.05, 0.1) is 16.9 Å². The molecule has 4 heterocycles. The maximum atomic E-state index is 13.6. The Morgan fingerprint density at radius 1 is 1.08 bits per heavy atom. The smallest absolute Gasteiger partial charge is 0.243 e. The van der Waals surface area contributed by atoms with E-state index in [0.29, 0.717) is 31.1 Å². The average Bonchev–Trinajstić information content (AvgIpc) is 3.41. The molecular weight excluding hydrogens is 476 g/mol.